The van der Waals surface area contributed by atoms with Crippen LogP contribution in [0.25, 0.3) is 0 Å². The molecule has 0 aliphatic heterocycles. The molecule has 1 heteroatoms. The lowest BCUT2D eigenvalue weighted by atomic mass is 10.0. The Kier molecular flexibility index (Phi) is 2.84. The lowest BCUT2D eigenvalue weighted by molar-refractivity contribution is 0.782. The maximum Gasteiger partial charge on any atom is 0.0207 e. The smallest absolute Gasteiger partial charge is 0.0207 e. The van der Waals surface area contributed by atoms with Crippen LogP contribution in [0.2, 0.25) is 0 Å². The molecular formula is C12H21N. The molecule has 0 saturated carbocycles. The van der Waals surface area contributed by atoms with E-state index in [4.69, 9.17) is 0 Å². The molecule has 0 amide bonds. The molecule has 1 rings (SSSR count). The van der Waals surface area contributed by atoms with Gasteiger partial charge in [0.1, 0.15) is 0 Å². The van der Waals surface area contributed by atoms with Crippen molar-refractivity contribution in [3.63, 3.8) is 0 Å². The van der Waals surface area contributed by atoms with Crippen LogP contribution in [-0.4, -0.2) is 4.98 Å². The number of nitrogens with one attached hydrogen (secondary N) is 1. The van der Waals surface area contributed by atoms with Crippen molar-refractivity contribution in [1.82, 2.24) is 4.98 Å². The first-order chi connectivity index (χ1) is 5.95. The predicted molar refractivity (Wildman–Crippen MR) is 58.4 cm³/mol. The van der Waals surface area contributed by atoms with E-state index in [-0.39, 0.29) is 0 Å². The van der Waals surface area contributed by atoms with Crippen molar-refractivity contribution < 1.29 is 0 Å². The molecule has 1 nitrogen and oxygen atoms in total. The highest BCUT2D eigenvalue weighted by molar-refractivity contribution is 5.37. The average molecular weight is 179 g/mol. The van der Waals surface area contributed by atoms with Crippen molar-refractivity contribution in [2.24, 2.45) is 0 Å². The van der Waals surface area contributed by atoms with Crippen molar-refractivity contribution in [3.05, 3.63) is 22.5 Å². The molecule has 0 saturated heterocycles. The van der Waals surface area contributed by atoms with E-state index in [2.05, 4.69) is 46.5 Å². The molecule has 0 aromatic carbocycles. The quantitative estimate of drug-likeness (QED) is 0.709. The molecular weight excluding hydrogens is 158 g/mol. The molecule has 74 valence electrons. The van der Waals surface area contributed by atoms with Crippen LogP contribution in [0.5, 0.6) is 0 Å². The standard InChI is InChI=1S/C12H21N/c1-7(2)11-9(5)10(6)12(13-11)8(3)4/h7-8,13H,1-6H3. The van der Waals surface area contributed by atoms with Gasteiger partial charge < -0.3 is 4.98 Å². The summed E-state index contributed by atoms with van der Waals surface area (Å²) in [5.41, 5.74) is 5.69. The third kappa shape index (κ3) is 1.79. The maximum atomic E-state index is 3.55. The third-order valence-electron chi connectivity index (χ3n) is 2.79. The summed E-state index contributed by atoms with van der Waals surface area (Å²) in [6, 6.07) is 0. The number of aromatic amines is 1. The Balaban J connectivity index is 3.20. The number of H-pyrrole nitrogens is 1. The molecule has 0 fully saturated rings. The first kappa shape index (κ1) is 10.4. The van der Waals surface area contributed by atoms with Gasteiger partial charge in [0.05, 0.1) is 0 Å². The molecule has 1 N–H and O–H groups in total. The van der Waals surface area contributed by atoms with E-state index in [9.17, 15) is 0 Å². The zero-order chi connectivity index (χ0) is 10.2. The summed E-state index contributed by atoms with van der Waals surface area (Å²) in [6.07, 6.45) is 0. The summed E-state index contributed by atoms with van der Waals surface area (Å²) in [5, 5.41) is 0. The topological polar surface area (TPSA) is 15.8 Å². The van der Waals surface area contributed by atoms with E-state index in [1.807, 2.05) is 0 Å². The van der Waals surface area contributed by atoms with Crippen LogP contribution in [0, 0.1) is 13.8 Å². The molecule has 0 aliphatic carbocycles. The lowest BCUT2D eigenvalue weighted by Gasteiger charge is -2.04. The van der Waals surface area contributed by atoms with E-state index in [1.165, 1.54) is 22.5 Å². The van der Waals surface area contributed by atoms with Crippen LogP contribution >= 0.6 is 0 Å². The van der Waals surface area contributed by atoms with E-state index in [0.717, 1.165) is 0 Å². The van der Waals surface area contributed by atoms with Crippen LogP contribution in [0.1, 0.15) is 62.0 Å². The lowest BCUT2D eigenvalue weighted by Crippen LogP contribution is -1.92. The zero-order valence-corrected chi connectivity index (χ0v) is 9.65. The maximum absolute atomic E-state index is 3.55. The minimum atomic E-state index is 0.603. The predicted octanol–water partition coefficient (Wildman–Crippen LogP) is 3.88. The normalized spacial score (nSPS) is 11.7. The number of aromatic nitrogens is 1. The minimum Gasteiger partial charge on any atom is -0.361 e. The Labute approximate surface area is 81.6 Å². The largest absolute Gasteiger partial charge is 0.361 e. The third-order valence-corrected chi connectivity index (χ3v) is 2.79. The van der Waals surface area contributed by atoms with Gasteiger partial charge in [-0.3, -0.25) is 0 Å². The summed E-state index contributed by atoms with van der Waals surface area (Å²) < 4.78 is 0. The van der Waals surface area contributed by atoms with Crippen LogP contribution in [-0.2, 0) is 0 Å². The summed E-state index contributed by atoms with van der Waals surface area (Å²) in [4.78, 5) is 3.55. The molecule has 0 bridgehead atoms. The summed E-state index contributed by atoms with van der Waals surface area (Å²) in [5.74, 6) is 1.21. The van der Waals surface area contributed by atoms with Crippen molar-refractivity contribution in [1.29, 1.82) is 0 Å². The van der Waals surface area contributed by atoms with E-state index >= 15 is 0 Å². The van der Waals surface area contributed by atoms with Gasteiger partial charge in [0, 0.05) is 11.4 Å². The Bertz CT molecular complexity index is 264. The van der Waals surface area contributed by atoms with Gasteiger partial charge in [-0.2, -0.15) is 0 Å². The van der Waals surface area contributed by atoms with Crippen LogP contribution in [0.15, 0.2) is 0 Å². The molecule has 13 heavy (non-hydrogen) atoms. The highest BCUT2D eigenvalue weighted by Gasteiger charge is 2.14. The van der Waals surface area contributed by atoms with E-state index in [0.29, 0.717) is 11.8 Å². The van der Waals surface area contributed by atoms with Gasteiger partial charge in [0.15, 0.2) is 0 Å². The SMILES string of the molecule is Cc1c(C(C)C)[nH]c(C(C)C)c1C. The molecule has 0 aliphatic rings. The molecule has 0 spiro atoms. The number of hydrogen-bond donors (Lipinski definition) is 1. The van der Waals surface area contributed by atoms with Crippen molar-refractivity contribution in [3.8, 4) is 0 Å². The van der Waals surface area contributed by atoms with Gasteiger partial charge in [0.25, 0.3) is 0 Å². The van der Waals surface area contributed by atoms with Crippen LogP contribution < -0.4 is 0 Å². The van der Waals surface area contributed by atoms with E-state index in [1.54, 1.807) is 0 Å². The Hall–Kier alpha value is -0.720. The summed E-state index contributed by atoms with van der Waals surface area (Å²) >= 11 is 0. The van der Waals surface area contributed by atoms with Gasteiger partial charge in [0.2, 0.25) is 0 Å². The second kappa shape index (κ2) is 3.57. The monoisotopic (exact) mass is 179 g/mol. The van der Waals surface area contributed by atoms with E-state index < -0.39 is 0 Å². The molecule has 0 atom stereocenters. The summed E-state index contributed by atoms with van der Waals surface area (Å²) in [7, 11) is 0. The second-order valence-electron chi connectivity index (χ2n) is 4.51. The fourth-order valence-electron chi connectivity index (χ4n) is 1.89. The minimum absolute atomic E-state index is 0.603. The summed E-state index contributed by atoms with van der Waals surface area (Å²) in [6.45, 7) is 13.4. The first-order valence-corrected chi connectivity index (χ1v) is 5.14. The molecule has 1 heterocycles. The van der Waals surface area contributed by atoms with Crippen molar-refractivity contribution >= 4 is 0 Å². The average Bonchev–Trinajstić information content (AvgIpc) is 2.29. The number of rotatable bonds is 2. The van der Waals surface area contributed by atoms with Gasteiger partial charge in [-0.1, -0.05) is 27.7 Å². The van der Waals surface area contributed by atoms with Gasteiger partial charge in [-0.25, -0.2) is 0 Å². The molecule has 0 unspecified atom stereocenters. The molecule has 1 aromatic heterocycles. The van der Waals surface area contributed by atoms with Gasteiger partial charge in [-0.15, -0.1) is 0 Å². The zero-order valence-electron chi connectivity index (χ0n) is 9.65. The Morgan fingerprint density at radius 1 is 0.769 bits per heavy atom. The Morgan fingerprint density at radius 3 is 1.23 bits per heavy atom. The highest BCUT2D eigenvalue weighted by Crippen LogP contribution is 2.27. The van der Waals surface area contributed by atoms with Crippen LogP contribution in [0.4, 0.5) is 0 Å². The van der Waals surface area contributed by atoms with Crippen molar-refractivity contribution in [2.75, 3.05) is 0 Å². The molecule has 1 aromatic rings. The molecule has 0 radical (unpaired) electrons. The van der Waals surface area contributed by atoms with Crippen molar-refractivity contribution in [2.45, 2.75) is 53.4 Å². The van der Waals surface area contributed by atoms with Gasteiger partial charge in [-0.05, 0) is 36.8 Å². The highest BCUT2D eigenvalue weighted by atomic mass is 14.7. The fraction of sp³-hybridized carbons (Fsp3) is 0.667. The van der Waals surface area contributed by atoms with Crippen LogP contribution in [0.3, 0.4) is 0 Å². The van der Waals surface area contributed by atoms with Gasteiger partial charge >= 0.3 is 0 Å². The Morgan fingerprint density at radius 2 is 1.08 bits per heavy atom. The first-order valence-electron chi connectivity index (χ1n) is 5.14. The number of hydrogen-bond acceptors (Lipinski definition) is 0. The fourth-order valence-corrected chi connectivity index (χ4v) is 1.89. The second-order valence-corrected chi connectivity index (χ2v) is 4.51.